The molecule has 3 atom stereocenters. The number of phenolic OH excluding ortho intramolecular Hbond substituents is 1. The summed E-state index contributed by atoms with van der Waals surface area (Å²) in [7, 11) is 0. The van der Waals surface area contributed by atoms with Gasteiger partial charge in [0.1, 0.15) is 17.8 Å². The normalized spacial score (nSPS) is 14.3. The van der Waals surface area contributed by atoms with E-state index in [1.807, 2.05) is 13.8 Å². The van der Waals surface area contributed by atoms with E-state index in [-0.39, 0.29) is 24.5 Å². The van der Waals surface area contributed by atoms with Gasteiger partial charge in [-0.1, -0.05) is 26.0 Å². The Labute approximate surface area is 157 Å². The molecule has 0 aliphatic heterocycles. The Hall–Kier alpha value is -2.65. The quantitative estimate of drug-likeness (QED) is 0.314. The lowest BCUT2D eigenvalue weighted by Crippen LogP contribution is -2.56. The topological polar surface area (TPSA) is 162 Å². The monoisotopic (exact) mass is 381 g/mol. The Morgan fingerprint density at radius 1 is 1.04 bits per heavy atom. The van der Waals surface area contributed by atoms with Gasteiger partial charge in [-0.3, -0.25) is 9.59 Å². The van der Waals surface area contributed by atoms with Crippen LogP contribution in [0.1, 0.15) is 25.8 Å². The van der Waals surface area contributed by atoms with Crippen molar-refractivity contribution in [2.75, 3.05) is 6.61 Å². The number of carbonyl (C=O) groups excluding carboxylic acids is 2. The van der Waals surface area contributed by atoms with E-state index in [2.05, 4.69) is 10.6 Å². The Morgan fingerprint density at radius 2 is 1.59 bits per heavy atom. The number of nitrogens with two attached hydrogens (primary N) is 1. The van der Waals surface area contributed by atoms with Crippen molar-refractivity contribution < 1.29 is 29.7 Å². The zero-order chi connectivity index (χ0) is 20.6. The summed E-state index contributed by atoms with van der Waals surface area (Å²) < 4.78 is 0. The molecule has 0 fully saturated rings. The van der Waals surface area contributed by atoms with Gasteiger partial charge < -0.3 is 31.7 Å². The third kappa shape index (κ3) is 7.63. The molecule has 150 valence electrons. The van der Waals surface area contributed by atoms with E-state index in [9.17, 15) is 29.7 Å². The zero-order valence-electron chi connectivity index (χ0n) is 15.4. The first kappa shape index (κ1) is 22.4. The molecule has 0 saturated carbocycles. The van der Waals surface area contributed by atoms with Crippen molar-refractivity contribution >= 4 is 17.8 Å². The van der Waals surface area contributed by atoms with Gasteiger partial charge in [0, 0.05) is 0 Å². The number of hydrogen-bond acceptors (Lipinski definition) is 6. The lowest BCUT2D eigenvalue weighted by atomic mass is 10.0. The number of phenols is 1. The molecule has 0 bridgehead atoms. The fraction of sp³-hybridized carbons (Fsp3) is 0.500. The molecule has 7 N–H and O–H groups in total. The molecular weight excluding hydrogens is 354 g/mol. The van der Waals surface area contributed by atoms with Crippen LogP contribution in [0.3, 0.4) is 0 Å². The van der Waals surface area contributed by atoms with Crippen molar-refractivity contribution in [3.05, 3.63) is 29.8 Å². The van der Waals surface area contributed by atoms with Gasteiger partial charge in [-0.15, -0.1) is 0 Å². The molecule has 0 saturated heterocycles. The van der Waals surface area contributed by atoms with Crippen LogP contribution >= 0.6 is 0 Å². The molecule has 0 radical (unpaired) electrons. The summed E-state index contributed by atoms with van der Waals surface area (Å²) in [6, 6.07) is 2.74. The smallest absolute Gasteiger partial charge is 0.326 e. The largest absolute Gasteiger partial charge is 0.508 e. The highest BCUT2D eigenvalue weighted by Gasteiger charge is 2.28. The summed E-state index contributed by atoms with van der Waals surface area (Å²) in [5.41, 5.74) is 6.54. The number of aliphatic carboxylic acids is 1. The molecular formula is C18H27N3O6. The standard InChI is InChI=1S/C18H27N3O6/c1-10(2)7-14(18(26)27)20-17(25)15(9-22)21-16(24)13(19)8-11-3-5-12(23)6-4-11/h3-6,10,13-15,22-23H,7-9,19H2,1-2H3,(H,20,25)(H,21,24)(H,26,27)/t13-,14-,15-/m0/s1. The summed E-state index contributed by atoms with van der Waals surface area (Å²) in [5.74, 6) is -2.52. The van der Waals surface area contributed by atoms with Gasteiger partial charge in [-0.25, -0.2) is 4.79 Å². The lowest BCUT2D eigenvalue weighted by Gasteiger charge is -2.22. The van der Waals surface area contributed by atoms with Crippen molar-refractivity contribution in [3.8, 4) is 5.75 Å². The van der Waals surface area contributed by atoms with Crippen molar-refractivity contribution in [2.45, 2.75) is 44.8 Å². The van der Waals surface area contributed by atoms with E-state index in [0.717, 1.165) is 0 Å². The molecule has 2 amide bonds. The molecule has 1 aromatic carbocycles. The van der Waals surface area contributed by atoms with E-state index < -0.39 is 42.5 Å². The molecule has 0 heterocycles. The SMILES string of the molecule is CC(C)C[C@H](NC(=O)[C@H](CO)NC(=O)[C@@H](N)Cc1ccc(O)cc1)C(=O)O. The molecule has 0 spiro atoms. The second-order valence-corrected chi connectivity index (χ2v) is 6.75. The highest BCUT2D eigenvalue weighted by atomic mass is 16.4. The molecule has 9 heteroatoms. The van der Waals surface area contributed by atoms with E-state index in [0.29, 0.717) is 5.56 Å². The van der Waals surface area contributed by atoms with Gasteiger partial charge in [-0.2, -0.15) is 0 Å². The average Bonchev–Trinajstić information content (AvgIpc) is 2.60. The summed E-state index contributed by atoms with van der Waals surface area (Å²) in [5, 5.41) is 32.5. The minimum absolute atomic E-state index is 0.0345. The molecule has 1 rings (SSSR count). The van der Waals surface area contributed by atoms with Gasteiger partial charge in [0.05, 0.1) is 12.6 Å². The van der Waals surface area contributed by atoms with Crippen LogP contribution in [0.4, 0.5) is 0 Å². The molecule has 0 aromatic heterocycles. The van der Waals surface area contributed by atoms with E-state index in [1.54, 1.807) is 12.1 Å². The third-order valence-electron chi connectivity index (χ3n) is 3.87. The predicted molar refractivity (Wildman–Crippen MR) is 97.8 cm³/mol. The van der Waals surface area contributed by atoms with Crippen molar-refractivity contribution in [2.24, 2.45) is 11.7 Å². The van der Waals surface area contributed by atoms with Crippen molar-refractivity contribution in [1.29, 1.82) is 0 Å². The van der Waals surface area contributed by atoms with Crippen LogP contribution in [-0.4, -0.2) is 57.8 Å². The lowest BCUT2D eigenvalue weighted by molar-refractivity contribution is -0.143. The summed E-state index contributed by atoms with van der Waals surface area (Å²) in [4.78, 5) is 35.6. The second-order valence-electron chi connectivity index (χ2n) is 6.75. The van der Waals surface area contributed by atoms with E-state index in [4.69, 9.17) is 5.73 Å². The molecule has 9 nitrogen and oxygen atoms in total. The number of aliphatic hydroxyl groups excluding tert-OH is 1. The van der Waals surface area contributed by atoms with E-state index >= 15 is 0 Å². The van der Waals surface area contributed by atoms with Crippen molar-refractivity contribution in [3.63, 3.8) is 0 Å². The fourth-order valence-corrected chi connectivity index (χ4v) is 2.42. The number of carboxylic acid groups (broad SMARTS) is 1. The number of carbonyl (C=O) groups is 3. The number of amides is 2. The summed E-state index contributed by atoms with van der Waals surface area (Å²) in [6.07, 6.45) is 0.379. The Morgan fingerprint density at radius 3 is 2.07 bits per heavy atom. The number of carboxylic acids is 1. The first-order valence-electron chi connectivity index (χ1n) is 8.62. The number of aromatic hydroxyl groups is 1. The van der Waals surface area contributed by atoms with Crippen LogP contribution in [0.15, 0.2) is 24.3 Å². The first-order chi connectivity index (χ1) is 12.6. The predicted octanol–water partition coefficient (Wildman–Crippen LogP) is -0.645. The molecule has 0 unspecified atom stereocenters. The van der Waals surface area contributed by atoms with Crippen LogP contribution < -0.4 is 16.4 Å². The molecule has 27 heavy (non-hydrogen) atoms. The fourth-order valence-electron chi connectivity index (χ4n) is 2.42. The minimum atomic E-state index is -1.31. The Bertz CT molecular complexity index is 647. The minimum Gasteiger partial charge on any atom is -0.508 e. The van der Waals surface area contributed by atoms with Crippen LogP contribution in [-0.2, 0) is 20.8 Å². The molecule has 0 aliphatic rings. The van der Waals surface area contributed by atoms with Gasteiger partial charge in [0.2, 0.25) is 11.8 Å². The Kier molecular flexibility index (Phi) is 8.70. The van der Waals surface area contributed by atoms with Crippen molar-refractivity contribution in [1.82, 2.24) is 10.6 Å². The number of benzene rings is 1. The second kappa shape index (κ2) is 10.5. The molecule has 0 aliphatic carbocycles. The van der Waals surface area contributed by atoms with Gasteiger partial charge in [-0.05, 0) is 36.5 Å². The maximum atomic E-state index is 12.2. The van der Waals surface area contributed by atoms with Crippen LogP contribution in [0.5, 0.6) is 5.75 Å². The van der Waals surface area contributed by atoms with Gasteiger partial charge in [0.25, 0.3) is 0 Å². The van der Waals surface area contributed by atoms with Gasteiger partial charge >= 0.3 is 5.97 Å². The summed E-state index contributed by atoms with van der Waals surface area (Å²) in [6.45, 7) is 2.93. The summed E-state index contributed by atoms with van der Waals surface area (Å²) >= 11 is 0. The maximum Gasteiger partial charge on any atom is 0.326 e. The Balaban J connectivity index is 2.66. The van der Waals surface area contributed by atoms with Gasteiger partial charge in [0.15, 0.2) is 0 Å². The number of hydrogen-bond donors (Lipinski definition) is 6. The van der Waals surface area contributed by atoms with Crippen LogP contribution in [0.2, 0.25) is 0 Å². The maximum absolute atomic E-state index is 12.2. The number of rotatable bonds is 10. The highest BCUT2D eigenvalue weighted by Crippen LogP contribution is 2.11. The zero-order valence-corrected chi connectivity index (χ0v) is 15.4. The first-order valence-corrected chi connectivity index (χ1v) is 8.62. The van der Waals surface area contributed by atoms with Crippen LogP contribution in [0, 0.1) is 5.92 Å². The molecule has 1 aromatic rings. The van der Waals surface area contributed by atoms with E-state index in [1.165, 1.54) is 12.1 Å². The average molecular weight is 381 g/mol. The third-order valence-corrected chi connectivity index (χ3v) is 3.87. The highest BCUT2D eigenvalue weighted by molar-refractivity contribution is 5.91. The number of aliphatic hydroxyl groups is 1. The van der Waals surface area contributed by atoms with Crippen LogP contribution in [0.25, 0.3) is 0 Å². The number of nitrogens with one attached hydrogen (secondary N) is 2.